The van der Waals surface area contributed by atoms with Gasteiger partial charge in [0, 0.05) is 56.5 Å². The van der Waals surface area contributed by atoms with Crippen LogP contribution in [0.3, 0.4) is 0 Å². The Bertz CT molecular complexity index is 842. The normalized spacial score (nSPS) is 20.0. The number of carbonyl (C=O) groups is 1. The van der Waals surface area contributed by atoms with Gasteiger partial charge in [-0.2, -0.15) is 17.0 Å². The van der Waals surface area contributed by atoms with Gasteiger partial charge in [0.05, 0.1) is 4.92 Å². The van der Waals surface area contributed by atoms with E-state index in [9.17, 15) is 23.3 Å². The average molecular weight is 410 g/mol. The van der Waals surface area contributed by atoms with Gasteiger partial charge in [-0.3, -0.25) is 14.9 Å². The lowest BCUT2D eigenvalue weighted by atomic mass is 10.1. The summed E-state index contributed by atoms with van der Waals surface area (Å²) in [5.41, 5.74) is 0.531. The molecule has 154 valence electrons. The van der Waals surface area contributed by atoms with E-state index >= 15 is 0 Å². The zero-order valence-corrected chi connectivity index (χ0v) is 16.9. The van der Waals surface area contributed by atoms with E-state index in [1.54, 1.807) is 22.2 Å². The van der Waals surface area contributed by atoms with Crippen LogP contribution < -0.4 is 0 Å². The van der Waals surface area contributed by atoms with Gasteiger partial charge in [-0.05, 0) is 25.8 Å². The number of rotatable bonds is 4. The van der Waals surface area contributed by atoms with Crippen molar-refractivity contribution in [2.75, 3.05) is 39.3 Å². The lowest BCUT2D eigenvalue weighted by molar-refractivity contribution is -0.385. The number of piperazine rings is 1. The Morgan fingerprint density at radius 2 is 1.54 bits per heavy atom. The molecule has 0 atom stereocenters. The molecule has 28 heavy (non-hydrogen) atoms. The van der Waals surface area contributed by atoms with Crippen LogP contribution in [0.2, 0.25) is 0 Å². The highest BCUT2D eigenvalue weighted by atomic mass is 32.2. The van der Waals surface area contributed by atoms with E-state index in [4.69, 9.17) is 0 Å². The van der Waals surface area contributed by atoms with Crippen molar-refractivity contribution in [3.05, 3.63) is 39.4 Å². The van der Waals surface area contributed by atoms with Crippen LogP contribution >= 0.6 is 0 Å². The lowest BCUT2D eigenvalue weighted by Crippen LogP contribution is -2.54. The molecule has 3 rings (SSSR count). The average Bonchev–Trinajstić information content (AvgIpc) is 2.97. The summed E-state index contributed by atoms with van der Waals surface area (Å²) < 4.78 is 28.8. The van der Waals surface area contributed by atoms with E-state index in [0.717, 1.165) is 25.7 Å². The summed E-state index contributed by atoms with van der Waals surface area (Å²) in [5.74, 6) is -0.298. The minimum Gasteiger partial charge on any atom is -0.336 e. The molecule has 0 unspecified atom stereocenters. The van der Waals surface area contributed by atoms with Crippen LogP contribution in [0.5, 0.6) is 0 Å². The molecule has 0 radical (unpaired) electrons. The van der Waals surface area contributed by atoms with Crippen LogP contribution in [0.4, 0.5) is 5.69 Å². The third kappa shape index (κ3) is 4.18. The first-order chi connectivity index (χ1) is 13.3. The topological polar surface area (TPSA) is 104 Å². The Balaban J connectivity index is 1.67. The molecule has 1 aromatic carbocycles. The summed E-state index contributed by atoms with van der Waals surface area (Å²) in [4.78, 5) is 25.0. The van der Waals surface area contributed by atoms with Crippen LogP contribution in [0.25, 0.3) is 0 Å². The van der Waals surface area contributed by atoms with Crippen molar-refractivity contribution < 1.29 is 18.1 Å². The highest BCUT2D eigenvalue weighted by Crippen LogP contribution is 2.23. The Hall–Kier alpha value is -2.04. The van der Waals surface area contributed by atoms with Crippen molar-refractivity contribution in [1.82, 2.24) is 13.5 Å². The molecule has 1 aromatic rings. The Kier molecular flexibility index (Phi) is 6.31. The quantitative estimate of drug-likeness (QED) is 0.556. The van der Waals surface area contributed by atoms with E-state index in [1.165, 1.54) is 16.4 Å². The number of nitro groups is 1. The first-order valence-corrected chi connectivity index (χ1v) is 11.0. The lowest BCUT2D eigenvalue weighted by Gasteiger charge is -2.36. The molecule has 2 saturated heterocycles. The van der Waals surface area contributed by atoms with Crippen molar-refractivity contribution in [3.63, 3.8) is 0 Å². The summed E-state index contributed by atoms with van der Waals surface area (Å²) in [6, 6.07) is 4.45. The molecule has 0 aliphatic carbocycles. The van der Waals surface area contributed by atoms with Crippen molar-refractivity contribution in [1.29, 1.82) is 0 Å². The molecule has 0 saturated carbocycles. The summed E-state index contributed by atoms with van der Waals surface area (Å²) in [6.45, 7) is 3.67. The first kappa shape index (κ1) is 20.7. The number of hydrogen-bond acceptors (Lipinski definition) is 5. The summed E-state index contributed by atoms with van der Waals surface area (Å²) in [6.07, 6.45) is 3.86. The monoisotopic (exact) mass is 410 g/mol. The molecule has 2 aliphatic rings. The molecule has 1 amide bonds. The maximum absolute atomic E-state index is 12.9. The second-order valence-electron chi connectivity index (χ2n) is 7.22. The number of amides is 1. The summed E-state index contributed by atoms with van der Waals surface area (Å²) in [5, 5.41) is 11.1. The van der Waals surface area contributed by atoms with Gasteiger partial charge in [0.2, 0.25) is 0 Å². The second-order valence-corrected chi connectivity index (χ2v) is 9.15. The molecule has 9 nitrogen and oxygen atoms in total. The maximum atomic E-state index is 12.9. The molecule has 0 aromatic heterocycles. The van der Waals surface area contributed by atoms with Crippen LogP contribution in [0.15, 0.2) is 18.2 Å². The number of carbonyl (C=O) groups excluding carboxylic acids is 1. The number of nitro benzene ring substituents is 1. The SMILES string of the molecule is Cc1c(C(=O)N2CCN(S(=O)(=O)N3CCCCCC3)CC2)cccc1[N+](=O)[O-]. The minimum atomic E-state index is -3.51. The Morgan fingerprint density at radius 1 is 0.964 bits per heavy atom. The number of hydrogen-bond donors (Lipinski definition) is 0. The molecule has 2 aliphatic heterocycles. The predicted molar refractivity (Wildman–Crippen MR) is 104 cm³/mol. The standard InChI is InChI=1S/C18H26N4O5S/c1-15-16(7-6-8-17(15)22(24)25)18(23)19-11-13-21(14-12-19)28(26,27)20-9-4-2-3-5-10-20/h6-8H,2-5,9-14H2,1H3. The maximum Gasteiger partial charge on any atom is 0.282 e. The fraction of sp³-hybridized carbons (Fsp3) is 0.611. The van der Waals surface area contributed by atoms with Gasteiger partial charge in [-0.25, -0.2) is 0 Å². The number of nitrogens with zero attached hydrogens (tertiary/aromatic N) is 4. The highest BCUT2D eigenvalue weighted by Gasteiger charge is 2.34. The zero-order chi connectivity index (χ0) is 20.3. The highest BCUT2D eigenvalue weighted by molar-refractivity contribution is 7.86. The summed E-state index contributed by atoms with van der Waals surface area (Å²) >= 11 is 0. The second kappa shape index (κ2) is 8.54. The molecule has 10 heteroatoms. The molecular weight excluding hydrogens is 384 g/mol. The van der Waals surface area contributed by atoms with Gasteiger partial charge in [-0.15, -0.1) is 0 Å². The summed E-state index contributed by atoms with van der Waals surface area (Å²) in [7, 11) is -3.51. The smallest absolute Gasteiger partial charge is 0.282 e. The molecular formula is C18H26N4O5S. The van der Waals surface area contributed by atoms with Gasteiger partial charge >= 0.3 is 0 Å². The van der Waals surface area contributed by atoms with Gasteiger partial charge in [-0.1, -0.05) is 18.9 Å². The Morgan fingerprint density at radius 3 is 2.11 bits per heavy atom. The fourth-order valence-corrected chi connectivity index (χ4v) is 5.45. The molecule has 0 bridgehead atoms. The predicted octanol–water partition coefficient (Wildman–Crippen LogP) is 1.78. The molecule has 2 fully saturated rings. The zero-order valence-electron chi connectivity index (χ0n) is 16.0. The van der Waals surface area contributed by atoms with Crippen molar-refractivity contribution in [3.8, 4) is 0 Å². The van der Waals surface area contributed by atoms with Gasteiger partial charge < -0.3 is 4.90 Å². The van der Waals surface area contributed by atoms with Crippen molar-refractivity contribution >= 4 is 21.8 Å². The first-order valence-electron chi connectivity index (χ1n) is 9.61. The van der Waals surface area contributed by atoms with Crippen LogP contribution in [-0.2, 0) is 10.2 Å². The third-order valence-electron chi connectivity index (χ3n) is 5.48. The van der Waals surface area contributed by atoms with E-state index < -0.39 is 15.1 Å². The van der Waals surface area contributed by atoms with Gasteiger partial charge in [0.25, 0.3) is 21.8 Å². The van der Waals surface area contributed by atoms with Gasteiger partial charge in [0.1, 0.15) is 0 Å². The van der Waals surface area contributed by atoms with Crippen molar-refractivity contribution in [2.45, 2.75) is 32.6 Å². The van der Waals surface area contributed by atoms with E-state index in [1.807, 2.05) is 0 Å². The molecule has 0 spiro atoms. The van der Waals surface area contributed by atoms with E-state index in [-0.39, 0.29) is 43.3 Å². The van der Waals surface area contributed by atoms with Crippen LogP contribution in [0, 0.1) is 17.0 Å². The Labute approximate surface area is 165 Å². The van der Waals surface area contributed by atoms with Crippen LogP contribution in [0.1, 0.15) is 41.6 Å². The fourth-order valence-electron chi connectivity index (χ4n) is 3.78. The minimum absolute atomic E-state index is 0.0896. The largest absolute Gasteiger partial charge is 0.336 e. The molecule has 2 heterocycles. The van der Waals surface area contributed by atoms with Gasteiger partial charge in [0.15, 0.2) is 0 Å². The van der Waals surface area contributed by atoms with E-state index in [0.29, 0.717) is 18.7 Å². The van der Waals surface area contributed by atoms with Crippen LogP contribution in [-0.4, -0.2) is 72.0 Å². The molecule has 0 N–H and O–H groups in total. The van der Waals surface area contributed by atoms with E-state index in [2.05, 4.69) is 0 Å². The number of benzene rings is 1. The third-order valence-corrected chi connectivity index (χ3v) is 7.51. The van der Waals surface area contributed by atoms with Crippen molar-refractivity contribution in [2.24, 2.45) is 0 Å².